The number of carbonyl (C=O) groups excluding carboxylic acids is 1. The molecule has 0 fully saturated rings. The van der Waals surface area contributed by atoms with Crippen LogP contribution in [0.2, 0.25) is 0 Å². The molecule has 0 aliphatic heterocycles. The van der Waals surface area contributed by atoms with Crippen LogP contribution in [0, 0.1) is 0 Å². The molecule has 6 nitrogen and oxygen atoms in total. The predicted octanol–water partition coefficient (Wildman–Crippen LogP) is 5.57. The molecule has 1 aromatic heterocycles. The van der Waals surface area contributed by atoms with Crippen LogP contribution in [0.5, 0.6) is 17.2 Å². The van der Waals surface area contributed by atoms with Crippen LogP contribution >= 0.6 is 0 Å². The summed E-state index contributed by atoms with van der Waals surface area (Å²) in [5.41, 5.74) is 3.76. The summed E-state index contributed by atoms with van der Waals surface area (Å²) in [7, 11) is 3.23. The number of ether oxygens (including phenoxy) is 3. The molecular weight excluding hydrogens is 404 g/mol. The lowest BCUT2D eigenvalue weighted by Gasteiger charge is -2.13. The average Bonchev–Trinajstić information content (AvgIpc) is 2.84. The van der Waals surface area contributed by atoms with Crippen LogP contribution in [0.1, 0.15) is 17.3 Å². The van der Waals surface area contributed by atoms with Crippen LogP contribution in [0.15, 0.2) is 72.8 Å². The monoisotopic (exact) mass is 428 g/mol. The summed E-state index contributed by atoms with van der Waals surface area (Å²) in [4.78, 5) is 17.4. The number of aromatic nitrogens is 1. The molecule has 1 heterocycles. The number of fused-ring (bicyclic) bond motifs is 1. The molecule has 0 radical (unpaired) electrons. The van der Waals surface area contributed by atoms with Crippen molar-refractivity contribution in [1.82, 2.24) is 4.98 Å². The molecule has 4 rings (SSSR count). The highest BCUT2D eigenvalue weighted by atomic mass is 16.5. The summed E-state index contributed by atoms with van der Waals surface area (Å²) in [5, 5.41) is 3.77. The Morgan fingerprint density at radius 3 is 2.16 bits per heavy atom. The Kier molecular flexibility index (Phi) is 6.22. The van der Waals surface area contributed by atoms with Gasteiger partial charge in [-0.25, -0.2) is 4.98 Å². The average molecular weight is 428 g/mol. The van der Waals surface area contributed by atoms with Gasteiger partial charge >= 0.3 is 0 Å². The van der Waals surface area contributed by atoms with Gasteiger partial charge in [-0.2, -0.15) is 0 Å². The van der Waals surface area contributed by atoms with Crippen molar-refractivity contribution in [2.45, 2.75) is 6.92 Å². The lowest BCUT2D eigenvalue weighted by Crippen LogP contribution is -2.11. The minimum Gasteiger partial charge on any atom is -0.497 e. The van der Waals surface area contributed by atoms with E-state index in [9.17, 15) is 4.79 Å². The molecule has 0 atom stereocenters. The van der Waals surface area contributed by atoms with Crippen molar-refractivity contribution in [2.75, 3.05) is 26.1 Å². The number of hydrogen-bond donors (Lipinski definition) is 1. The van der Waals surface area contributed by atoms with E-state index in [-0.39, 0.29) is 5.91 Å². The van der Waals surface area contributed by atoms with Crippen molar-refractivity contribution < 1.29 is 19.0 Å². The second kappa shape index (κ2) is 9.39. The Labute approximate surface area is 186 Å². The summed E-state index contributed by atoms with van der Waals surface area (Å²) in [5.74, 6) is 2.00. The van der Waals surface area contributed by atoms with Gasteiger partial charge < -0.3 is 19.5 Å². The number of nitrogens with zero attached hydrogens (tertiary/aromatic N) is 1. The van der Waals surface area contributed by atoms with Gasteiger partial charge in [0.2, 0.25) is 0 Å². The van der Waals surface area contributed by atoms with E-state index in [4.69, 9.17) is 19.2 Å². The van der Waals surface area contributed by atoms with Crippen molar-refractivity contribution in [3.8, 4) is 28.5 Å². The maximum absolute atomic E-state index is 12.6. The highest BCUT2D eigenvalue weighted by molar-refractivity contribution is 6.05. The molecular formula is C26H24N2O4. The Hall–Kier alpha value is -4.06. The number of benzene rings is 3. The van der Waals surface area contributed by atoms with Gasteiger partial charge in [0.1, 0.15) is 17.2 Å². The molecule has 1 N–H and O–H groups in total. The molecule has 0 saturated heterocycles. The van der Waals surface area contributed by atoms with Crippen LogP contribution in [0.3, 0.4) is 0 Å². The Morgan fingerprint density at radius 2 is 1.53 bits per heavy atom. The second-order valence-corrected chi connectivity index (χ2v) is 7.08. The zero-order valence-corrected chi connectivity index (χ0v) is 18.2. The predicted molar refractivity (Wildman–Crippen MR) is 126 cm³/mol. The van der Waals surface area contributed by atoms with E-state index in [0.717, 1.165) is 27.9 Å². The smallest absolute Gasteiger partial charge is 0.255 e. The topological polar surface area (TPSA) is 69.7 Å². The maximum atomic E-state index is 12.6. The minimum absolute atomic E-state index is 0.201. The molecule has 6 heteroatoms. The van der Waals surface area contributed by atoms with Crippen LogP contribution < -0.4 is 19.5 Å². The summed E-state index contributed by atoms with van der Waals surface area (Å²) < 4.78 is 16.3. The molecule has 0 aliphatic carbocycles. The first-order valence-electron chi connectivity index (χ1n) is 10.3. The number of hydrogen-bond acceptors (Lipinski definition) is 5. The fourth-order valence-electron chi connectivity index (χ4n) is 3.40. The zero-order valence-electron chi connectivity index (χ0n) is 18.2. The SMILES string of the molecule is CCOc1cc(-c2ccc(OC)cc2)nc2ccc(NC(=O)c3ccc(OC)cc3)cc12. The van der Waals surface area contributed by atoms with Gasteiger partial charge in [-0.1, -0.05) is 0 Å². The molecule has 0 spiro atoms. The molecule has 0 aliphatic rings. The highest BCUT2D eigenvalue weighted by Crippen LogP contribution is 2.32. The highest BCUT2D eigenvalue weighted by Gasteiger charge is 2.12. The number of nitrogens with one attached hydrogen (secondary N) is 1. The molecule has 0 bridgehead atoms. The first-order chi connectivity index (χ1) is 15.6. The molecule has 1 amide bonds. The first kappa shape index (κ1) is 21.2. The van der Waals surface area contributed by atoms with Crippen molar-refractivity contribution in [3.63, 3.8) is 0 Å². The Bertz CT molecular complexity index is 1240. The fraction of sp³-hybridized carbons (Fsp3) is 0.154. The number of amides is 1. The molecule has 0 unspecified atom stereocenters. The van der Waals surface area contributed by atoms with Gasteiger partial charge in [-0.05, 0) is 73.7 Å². The number of pyridine rings is 1. The third-order valence-corrected chi connectivity index (χ3v) is 5.07. The maximum Gasteiger partial charge on any atom is 0.255 e. The number of anilines is 1. The van der Waals surface area contributed by atoms with Gasteiger partial charge in [-0.15, -0.1) is 0 Å². The normalized spacial score (nSPS) is 10.6. The van der Waals surface area contributed by atoms with E-state index >= 15 is 0 Å². The van der Waals surface area contributed by atoms with Gasteiger partial charge in [0, 0.05) is 28.3 Å². The van der Waals surface area contributed by atoms with E-state index in [0.29, 0.717) is 29.4 Å². The van der Waals surface area contributed by atoms with Crippen LogP contribution in [0.25, 0.3) is 22.2 Å². The number of methoxy groups -OCH3 is 2. The molecule has 3 aromatic carbocycles. The second-order valence-electron chi connectivity index (χ2n) is 7.08. The fourth-order valence-corrected chi connectivity index (χ4v) is 3.40. The minimum atomic E-state index is -0.201. The van der Waals surface area contributed by atoms with Gasteiger partial charge in [-0.3, -0.25) is 4.79 Å². The lowest BCUT2D eigenvalue weighted by atomic mass is 10.1. The van der Waals surface area contributed by atoms with E-state index in [1.807, 2.05) is 55.5 Å². The third-order valence-electron chi connectivity index (χ3n) is 5.07. The molecule has 4 aromatic rings. The van der Waals surface area contributed by atoms with E-state index in [2.05, 4.69) is 5.32 Å². The van der Waals surface area contributed by atoms with E-state index in [1.165, 1.54) is 0 Å². The van der Waals surface area contributed by atoms with E-state index in [1.54, 1.807) is 38.5 Å². The standard InChI is InChI=1S/C26H24N2O4/c1-4-32-25-16-24(17-5-10-20(30-2)11-6-17)28-23-14-9-19(15-22(23)25)27-26(29)18-7-12-21(31-3)13-8-18/h5-16H,4H2,1-3H3,(H,27,29). The van der Waals surface area contributed by atoms with Gasteiger partial charge in [0.15, 0.2) is 0 Å². The Balaban J connectivity index is 1.66. The first-order valence-corrected chi connectivity index (χ1v) is 10.3. The molecule has 0 saturated carbocycles. The van der Waals surface area contributed by atoms with Crippen LogP contribution in [-0.4, -0.2) is 31.7 Å². The van der Waals surface area contributed by atoms with Gasteiger partial charge in [0.05, 0.1) is 32.0 Å². The van der Waals surface area contributed by atoms with Gasteiger partial charge in [0.25, 0.3) is 5.91 Å². The zero-order chi connectivity index (χ0) is 22.5. The van der Waals surface area contributed by atoms with Crippen molar-refractivity contribution in [2.24, 2.45) is 0 Å². The number of carbonyl (C=O) groups is 1. The summed E-state index contributed by atoms with van der Waals surface area (Å²) in [6, 6.07) is 22.2. The summed E-state index contributed by atoms with van der Waals surface area (Å²) >= 11 is 0. The Morgan fingerprint density at radius 1 is 0.875 bits per heavy atom. The number of rotatable bonds is 7. The summed E-state index contributed by atoms with van der Waals surface area (Å²) in [6.07, 6.45) is 0. The molecule has 162 valence electrons. The lowest BCUT2D eigenvalue weighted by molar-refractivity contribution is 0.102. The van der Waals surface area contributed by atoms with Crippen LogP contribution in [0.4, 0.5) is 5.69 Å². The summed E-state index contributed by atoms with van der Waals surface area (Å²) in [6.45, 7) is 2.46. The van der Waals surface area contributed by atoms with Crippen molar-refractivity contribution in [3.05, 3.63) is 78.4 Å². The largest absolute Gasteiger partial charge is 0.497 e. The molecule has 32 heavy (non-hydrogen) atoms. The third kappa shape index (κ3) is 4.49. The van der Waals surface area contributed by atoms with Crippen LogP contribution in [-0.2, 0) is 0 Å². The van der Waals surface area contributed by atoms with Crippen molar-refractivity contribution >= 4 is 22.5 Å². The quantitative estimate of drug-likeness (QED) is 0.417. The van der Waals surface area contributed by atoms with E-state index < -0.39 is 0 Å². The van der Waals surface area contributed by atoms with Crippen molar-refractivity contribution in [1.29, 1.82) is 0 Å².